The molecule has 0 spiro atoms. The third-order valence-corrected chi connectivity index (χ3v) is 7.07. The summed E-state index contributed by atoms with van der Waals surface area (Å²) in [6.07, 6.45) is 2.94. The van der Waals surface area contributed by atoms with E-state index in [4.69, 9.17) is 11.6 Å². The average Bonchev–Trinajstić information content (AvgIpc) is 3.32. The number of hydrogen-bond donors (Lipinski definition) is 2. The molecule has 0 amide bonds. The molecule has 1 saturated heterocycles. The minimum absolute atomic E-state index is 0.167. The molecular formula is C25H33ClN2O2. The van der Waals surface area contributed by atoms with E-state index in [9.17, 15) is 10.2 Å². The Balaban J connectivity index is 1.43. The van der Waals surface area contributed by atoms with Gasteiger partial charge in [-0.05, 0) is 42.0 Å². The highest BCUT2D eigenvalue weighted by Crippen LogP contribution is 2.35. The molecule has 2 aliphatic rings. The van der Waals surface area contributed by atoms with E-state index in [1.165, 1.54) is 5.56 Å². The van der Waals surface area contributed by atoms with E-state index in [0.29, 0.717) is 0 Å². The van der Waals surface area contributed by atoms with Gasteiger partial charge < -0.3 is 10.2 Å². The van der Waals surface area contributed by atoms with Crippen molar-refractivity contribution < 1.29 is 10.2 Å². The summed E-state index contributed by atoms with van der Waals surface area (Å²) in [7, 11) is 0. The molecule has 4 rings (SSSR count). The van der Waals surface area contributed by atoms with E-state index >= 15 is 0 Å². The first-order chi connectivity index (χ1) is 14.6. The zero-order valence-corrected chi connectivity index (χ0v) is 18.3. The van der Waals surface area contributed by atoms with Gasteiger partial charge >= 0.3 is 0 Å². The quantitative estimate of drug-likeness (QED) is 0.696. The lowest BCUT2D eigenvalue weighted by atomic mass is 9.88. The van der Waals surface area contributed by atoms with E-state index in [-0.39, 0.29) is 12.0 Å². The molecule has 4 nitrogen and oxygen atoms in total. The van der Waals surface area contributed by atoms with Gasteiger partial charge in [0.2, 0.25) is 0 Å². The van der Waals surface area contributed by atoms with Crippen molar-refractivity contribution in [2.24, 2.45) is 5.92 Å². The van der Waals surface area contributed by atoms with Crippen LogP contribution in [-0.4, -0.2) is 58.4 Å². The van der Waals surface area contributed by atoms with Crippen LogP contribution in [0, 0.1) is 5.92 Å². The molecule has 162 valence electrons. The van der Waals surface area contributed by atoms with Crippen molar-refractivity contribution in [2.45, 2.75) is 50.5 Å². The third-order valence-electron chi connectivity index (χ3n) is 6.82. The summed E-state index contributed by atoms with van der Waals surface area (Å²) in [6.45, 7) is 4.55. The first-order valence-corrected chi connectivity index (χ1v) is 11.6. The number of hydrogen-bond acceptors (Lipinski definition) is 4. The summed E-state index contributed by atoms with van der Waals surface area (Å²) in [4.78, 5) is 4.80. The number of nitrogens with zero attached hydrogens (tertiary/aromatic N) is 2. The maximum Gasteiger partial charge on any atom is 0.0998 e. The lowest BCUT2D eigenvalue weighted by molar-refractivity contribution is -0.0718. The molecule has 1 saturated carbocycles. The van der Waals surface area contributed by atoms with Crippen molar-refractivity contribution in [3.8, 4) is 0 Å². The summed E-state index contributed by atoms with van der Waals surface area (Å²) in [6, 6.07) is 18.1. The minimum atomic E-state index is -0.765. The number of benzene rings is 2. The molecule has 1 aliphatic heterocycles. The van der Waals surface area contributed by atoms with Gasteiger partial charge in [-0.1, -0.05) is 66.9 Å². The predicted molar refractivity (Wildman–Crippen MR) is 121 cm³/mol. The highest BCUT2D eigenvalue weighted by atomic mass is 35.5. The summed E-state index contributed by atoms with van der Waals surface area (Å²) in [5.41, 5.74) is 2.36. The lowest BCUT2D eigenvalue weighted by Gasteiger charge is -2.43. The molecule has 1 aliphatic carbocycles. The monoisotopic (exact) mass is 428 g/mol. The van der Waals surface area contributed by atoms with Crippen molar-refractivity contribution in [1.29, 1.82) is 0 Å². The Bertz CT molecular complexity index is 771. The largest absolute Gasteiger partial charge is 0.390 e. The number of halogens is 1. The Morgan fingerprint density at radius 3 is 2.13 bits per heavy atom. The molecule has 2 N–H and O–H groups in total. The van der Waals surface area contributed by atoms with Gasteiger partial charge in [-0.3, -0.25) is 9.80 Å². The zero-order valence-electron chi connectivity index (χ0n) is 17.5. The molecule has 2 aromatic rings. The van der Waals surface area contributed by atoms with Crippen molar-refractivity contribution in [1.82, 2.24) is 9.80 Å². The Morgan fingerprint density at radius 1 is 0.867 bits per heavy atom. The maximum atomic E-state index is 11.3. The first-order valence-electron chi connectivity index (χ1n) is 11.2. The standard InChI is InChI=1S/C25H33ClN2O2/c26-22-12-10-19(11-13-22)18-27-14-16-28(17-15-27)23(20-6-2-1-3-7-20)25(30)24(29)21-8-4-5-9-21/h1-3,6-7,10-13,21,23-25,29-30H,4-5,8-9,14-18H2. The van der Waals surface area contributed by atoms with E-state index in [1.807, 2.05) is 30.3 Å². The van der Waals surface area contributed by atoms with Crippen LogP contribution >= 0.6 is 11.6 Å². The van der Waals surface area contributed by atoms with Crippen LogP contribution in [0.25, 0.3) is 0 Å². The SMILES string of the molecule is OC(C1CCCC1)C(O)C(c1ccccc1)N1CCN(Cc2ccc(Cl)cc2)CC1. The summed E-state index contributed by atoms with van der Waals surface area (Å²) in [5.74, 6) is 0.220. The van der Waals surface area contributed by atoms with E-state index in [2.05, 4.69) is 34.1 Å². The fourth-order valence-electron chi connectivity index (χ4n) is 5.09. The predicted octanol–water partition coefficient (Wildman–Crippen LogP) is 4.11. The normalized spacial score (nSPS) is 22.1. The second kappa shape index (κ2) is 10.3. The number of piperazine rings is 1. The minimum Gasteiger partial charge on any atom is -0.390 e. The van der Waals surface area contributed by atoms with Crippen molar-refractivity contribution in [3.05, 3.63) is 70.7 Å². The van der Waals surface area contributed by atoms with Gasteiger partial charge in [-0.25, -0.2) is 0 Å². The van der Waals surface area contributed by atoms with Crippen LogP contribution < -0.4 is 0 Å². The molecular weight excluding hydrogens is 396 g/mol. The van der Waals surface area contributed by atoms with Crippen LogP contribution in [0.1, 0.15) is 42.9 Å². The molecule has 0 aromatic heterocycles. The zero-order chi connectivity index (χ0) is 20.9. The molecule has 0 radical (unpaired) electrons. The van der Waals surface area contributed by atoms with E-state index in [0.717, 1.165) is 69.0 Å². The summed E-state index contributed by atoms with van der Waals surface area (Å²) >= 11 is 6.00. The lowest BCUT2D eigenvalue weighted by Crippen LogP contribution is -2.52. The third kappa shape index (κ3) is 5.24. The van der Waals surface area contributed by atoms with Crippen LogP contribution in [0.3, 0.4) is 0 Å². The van der Waals surface area contributed by atoms with Gasteiger partial charge in [0.05, 0.1) is 18.2 Å². The molecule has 2 aromatic carbocycles. The van der Waals surface area contributed by atoms with Crippen LogP contribution in [-0.2, 0) is 6.54 Å². The Morgan fingerprint density at radius 2 is 1.50 bits per heavy atom. The van der Waals surface area contributed by atoms with Gasteiger partial charge in [-0.15, -0.1) is 0 Å². The van der Waals surface area contributed by atoms with E-state index in [1.54, 1.807) is 0 Å². The van der Waals surface area contributed by atoms with Crippen molar-refractivity contribution >= 4 is 11.6 Å². The van der Waals surface area contributed by atoms with Gasteiger partial charge in [-0.2, -0.15) is 0 Å². The number of aliphatic hydroxyl groups excluding tert-OH is 2. The number of aliphatic hydroxyl groups is 2. The fourth-order valence-corrected chi connectivity index (χ4v) is 5.21. The van der Waals surface area contributed by atoms with Crippen molar-refractivity contribution in [3.63, 3.8) is 0 Å². The van der Waals surface area contributed by atoms with Gasteiger partial charge in [0.15, 0.2) is 0 Å². The smallest absolute Gasteiger partial charge is 0.0998 e. The van der Waals surface area contributed by atoms with Gasteiger partial charge in [0.1, 0.15) is 0 Å². The molecule has 0 bridgehead atoms. The van der Waals surface area contributed by atoms with E-state index < -0.39 is 12.2 Å². The van der Waals surface area contributed by atoms with Crippen LogP contribution in [0.2, 0.25) is 5.02 Å². The first kappa shape index (κ1) is 21.8. The van der Waals surface area contributed by atoms with Gasteiger partial charge in [0, 0.05) is 37.7 Å². The van der Waals surface area contributed by atoms with Crippen LogP contribution in [0.15, 0.2) is 54.6 Å². The molecule has 30 heavy (non-hydrogen) atoms. The highest BCUT2D eigenvalue weighted by Gasteiger charge is 2.38. The summed E-state index contributed by atoms with van der Waals surface area (Å²) in [5, 5.41) is 23.0. The van der Waals surface area contributed by atoms with Crippen LogP contribution in [0.4, 0.5) is 0 Å². The van der Waals surface area contributed by atoms with Crippen LogP contribution in [0.5, 0.6) is 0 Å². The fraction of sp³-hybridized carbons (Fsp3) is 0.520. The second-order valence-electron chi connectivity index (χ2n) is 8.82. The number of rotatable bonds is 7. The Kier molecular flexibility index (Phi) is 7.45. The molecule has 5 heteroatoms. The molecule has 1 heterocycles. The Labute approximate surface area is 185 Å². The molecule has 3 atom stereocenters. The maximum absolute atomic E-state index is 11.3. The summed E-state index contributed by atoms with van der Waals surface area (Å²) < 4.78 is 0. The van der Waals surface area contributed by atoms with Crippen molar-refractivity contribution in [2.75, 3.05) is 26.2 Å². The molecule has 3 unspecified atom stereocenters. The average molecular weight is 429 g/mol. The highest BCUT2D eigenvalue weighted by molar-refractivity contribution is 6.30. The molecule has 2 fully saturated rings. The topological polar surface area (TPSA) is 46.9 Å². The van der Waals surface area contributed by atoms with Gasteiger partial charge in [0.25, 0.3) is 0 Å². The Hall–Kier alpha value is -1.43. The second-order valence-corrected chi connectivity index (χ2v) is 9.26.